The molecule has 1 aromatic carbocycles. The van der Waals surface area contributed by atoms with E-state index >= 15 is 0 Å². The Balaban J connectivity index is 2.13. The maximum absolute atomic E-state index is 12.5. The second kappa shape index (κ2) is 7.69. The fourth-order valence-corrected chi connectivity index (χ4v) is 2.69. The number of amides is 1. The van der Waals surface area contributed by atoms with Gasteiger partial charge >= 0.3 is 0 Å². The Labute approximate surface area is 139 Å². The van der Waals surface area contributed by atoms with E-state index in [1.165, 1.54) is 12.3 Å². The van der Waals surface area contributed by atoms with Crippen LogP contribution in [-0.2, 0) is 0 Å². The van der Waals surface area contributed by atoms with Crippen LogP contribution in [0.25, 0.3) is 0 Å². The minimum Gasteiger partial charge on any atom is -0.345 e. The van der Waals surface area contributed by atoms with Gasteiger partial charge in [-0.25, -0.2) is 4.98 Å². The van der Waals surface area contributed by atoms with Crippen molar-refractivity contribution in [3.05, 3.63) is 58.2 Å². The molecule has 1 atom stereocenters. The molecular weight excluding hydrogens is 374 g/mol. The van der Waals surface area contributed by atoms with Gasteiger partial charge in [0.05, 0.1) is 11.6 Å². The molecule has 0 spiro atoms. The Bertz CT molecular complexity index is 652. The Morgan fingerprint density at radius 2 is 1.95 bits per heavy atom. The molecule has 1 N–H and O–H groups in total. The van der Waals surface area contributed by atoms with Gasteiger partial charge in [0.15, 0.2) is 0 Å². The van der Waals surface area contributed by atoms with Crippen LogP contribution in [0, 0.1) is 0 Å². The molecule has 1 unspecified atom stereocenters. The summed E-state index contributed by atoms with van der Waals surface area (Å²) in [7, 11) is 0. The normalized spacial score (nSPS) is 12.2. The van der Waals surface area contributed by atoms with Crippen LogP contribution in [0.1, 0.15) is 28.9 Å². The Morgan fingerprint density at radius 3 is 2.59 bits per heavy atom. The maximum atomic E-state index is 12.5. The van der Waals surface area contributed by atoms with E-state index in [4.69, 9.17) is 0 Å². The molecule has 0 aliphatic rings. The first-order valence-corrected chi connectivity index (χ1v) is 8.11. The highest BCUT2D eigenvalue weighted by atomic mass is 79.9. The predicted octanol–water partition coefficient (Wildman–Crippen LogP) is 4.65. The summed E-state index contributed by atoms with van der Waals surface area (Å²) in [6.07, 6.45) is 1.39. The predicted molar refractivity (Wildman–Crippen MR) is 86.1 cm³/mol. The fraction of sp³-hybridized carbons (Fsp3) is 0.200. The van der Waals surface area contributed by atoms with Gasteiger partial charge in [-0.3, -0.25) is 4.79 Å². The van der Waals surface area contributed by atoms with Crippen LogP contribution in [0.2, 0.25) is 0 Å². The molecule has 7 heteroatoms. The zero-order valence-electron chi connectivity index (χ0n) is 11.6. The topological polar surface area (TPSA) is 42.0 Å². The standard InChI is InChI=1S/C15H13BrF2N2OS/c1-9(10-4-6-11(16)7-5-10)20-13(21)12-3-2-8-19-14(12)22-15(17)18/h2-9,15H,1H3,(H,20,21). The summed E-state index contributed by atoms with van der Waals surface area (Å²) >= 11 is 3.61. The van der Waals surface area contributed by atoms with E-state index in [0.29, 0.717) is 0 Å². The lowest BCUT2D eigenvalue weighted by Crippen LogP contribution is -2.27. The summed E-state index contributed by atoms with van der Waals surface area (Å²) in [5.41, 5.74) is 1.07. The van der Waals surface area contributed by atoms with Crippen LogP contribution >= 0.6 is 27.7 Å². The van der Waals surface area contributed by atoms with Crippen LogP contribution in [0.15, 0.2) is 52.1 Å². The van der Waals surface area contributed by atoms with Crippen LogP contribution in [0.4, 0.5) is 8.78 Å². The van der Waals surface area contributed by atoms with Crippen molar-refractivity contribution < 1.29 is 13.6 Å². The van der Waals surface area contributed by atoms with E-state index in [2.05, 4.69) is 26.2 Å². The quantitative estimate of drug-likeness (QED) is 0.760. The van der Waals surface area contributed by atoms with Gasteiger partial charge in [-0.15, -0.1) is 0 Å². The first-order chi connectivity index (χ1) is 10.5. The number of carbonyl (C=O) groups is 1. The van der Waals surface area contributed by atoms with E-state index < -0.39 is 11.7 Å². The van der Waals surface area contributed by atoms with Gasteiger partial charge in [0, 0.05) is 10.7 Å². The van der Waals surface area contributed by atoms with Crippen molar-refractivity contribution in [2.75, 3.05) is 0 Å². The molecule has 22 heavy (non-hydrogen) atoms. The van der Waals surface area contributed by atoms with Crippen LogP contribution in [0.3, 0.4) is 0 Å². The largest absolute Gasteiger partial charge is 0.345 e. The third-order valence-electron chi connectivity index (χ3n) is 2.93. The molecule has 0 aliphatic carbocycles. The molecule has 0 bridgehead atoms. The third kappa shape index (κ3) is 4.51. The number of rotatable bonds is 5. The Morgan fingerprint density at radius 1 is 1.27 bits per heavy atom. The minimum atomic E-state index is -2.62. The lowest BCUT2D eigenvalue weighted by Gasteiger charge is -2.15. The van der Waals surface area contributed by atoms with Crippen LogP contribution in [-0.4, -0.2) is 16.6 Å². The Hall–Kier alpha value is -1.47. The molecule has 3 nitrogen and oxygen atoms in total. The molecule has 116 valence electrons. The first kappa shape index (κ1) is 16.9. The first-order valence-electron chi connectivity index (χ1n) is 6.43. The zero-order valence-corrected chi connectivity index (χ0v) is 14.0. The molecule has 0 fully saturated rings. The molecule has 0 saturated carbocycles. The van der Waals surface area contributed by atoms with Crippen molar-refractivity contribution in [3.8, 4) is 0 Å². The number of halogens is 3. The summed E-state index contributed by atoms with van der Waals surface area (Å²) < 4.78 is 26.0. The number of aromatic nitrogens is 1. The van der Waals surface area contributed by atoms with Crippen LogP contribution in [0.5, 0.6) is 0 Å². The molecule has 0 radical (unpaired) electrons. The highest BCUT2D eigenvalue weighted by Gasteiger charge is 2.18. The second-order valence-corrected chi connectivity index (χ2v) is 6.38. The van der Waals surface area contributed by atoms with Crippen molar-refractivity contribution in [3.63, 3.8) is 0 Å². The fourth-order valence-electron chi connectivity index (χ4n) is 1.85. The Kier molecular flexibility index (Phi) is 5.90. The monoisotopic (exact) mass is 386 g/mol. The average Bonchev–Trinajstić information content (AvgIpc) is 2.47. The molecule has 1 amide bonds. The lowest BCUT2D eigenvalue weighted by molar-refractivity contribution is 0.0936. The van der Waals surface area contributed by atoms with Crippen molar-refractivity contribution in [1.29, 1.82) is 0 Å². The van der Waals surface area contributed by atoms with Gasteiger partial charge in [-0.05, 0) is 48.5 Å². The summed E-state index contributed by atoms with van der Waals surface area (Å²) in [5, 5.41) is 2.82. The number of hydrogen-bond donors (Lipinski definition) is 1. The number of nitrogens with zero attached hydrogens (tertiary/aromatic N) is 1. The summed E-state index contributed by atoms with van der Waals surface area (Å²) in [5.74, 6) is -3.04. The number of hydrogen-bond acceptors (Lipinski definition) is 3. The highest BCUT2D eigenvalue weighted by Crippen LogP contribution is 2.26. The SMILES string of the molecule is CC(NC(=O)c1cccnc1SC(F)F)c1ccc(Br)cc1. The molecule has 1 aromatic heterocycles. The van der Waals surface area contributed by atoms with Gasteiger partial charge < -0.3 is 5.32 Å². The number of nitrogens with one attached hydrogen (secondary N) is 1. The lowest BCUT2D eigenvalue weighted by atomic mass is 10.1. The van der Waals surface area contributed by atoms with E-state index in [1.54, 1.807) is 6.07 Å². The smallest absolute Gasteiger partial charge is 0.290 e. The molecule has 0 saturated heterocycles. The van der Waals surface area contributed by atoms with E-state index in [-0.39, 0.29) is 28.4 Å². The third-order valence-corrected chi connectivity index (χ3v) is 4.19. The molecule has 2 aromatic rings. The number of pyridine rings is 1. The van der Waals surface area contributed by atoms with Crippen LogP contribution < -0.4 is 5.32 Å². The highest BCUT2D eigenvalue weighted by molar-refractivity contribution is 9.10. The van der Waals surface area contributed by atoms with Crippen molar-refractivity contribution in [2.24, 2.45) is 0 Å². The number of benzene rings is 1. The van der Waals surface area contributed by atoms with Crippen molar-refractivity contribution in [2.45, 2.75) is 23.7 Å². The minimum absolute atomic E-state index is 0.0259. The number of thioether (sulfide) groups is 1. The van der Waals surface area contributed by atoms with Gasteiger partial charge in [-0.2, -0.15) is 8.78 Å². The molecule has 2 rings (SSSR count). The molecule has 1 heterocycles. The van der Waals surface area contributed by atoms with E-state index in [9.17, 15) is 13.6 Å². The van der Waals surface area contributed by atoms with Crippen molar-refractivity contribution in [1.82, 2.24) is 10.3 Å². The van der Waals surface area contributed by atoms with Gasteiger partial charge in [0.25, 0.3) is 11.7 Å². The summed E-state index contributed by atoms with van der Waals surface area (Å²) in [6, 6.07) is 10.3. The molecular formula is C15H13BrF2N2OS. The van der Waals surface area contributed by atoms with E-state index in [0.717, 1.165) is 10.0 Å². The number of alkyl halides is 2. The molecule has 0 aliphatic heterocycles. The zero-order chi connectivity index (χ0) is 16.1. The van der Waals surface area contributed by atoms with Gasteiger partial charge in [0.2, 0.25) is 0 Å². The van der Waals surface area contributed by atoms with Crippen molar-refractivity contribution >= 4 is 33.6 Å². The second-order valence-electron chi connectivity index (χ2n) is 4.48. The summed E-state index contributed by atoms with van der Waals surface area (Å²) in [6.45, 7) is 1.83. The van der Waals surface area contributed by atoms with E-state index in [1.807, 2.05) is 31.2 Å². The van der Waals surface area contributed by atoms with Gasteiger partial charge in [0.1, 0.15) is 5.03 Å². The summed E-state index contributed by atoms with van der Waals surface area (Å²) in [4.78, 5) is 16.1. The van der Waals surface area contributed by atoms with Gasteiger partial charge in [-0.1, -0.05) is 28.1 Å². The number of carbonyl (C=O) groups excluding carboxylic acids is 1. The maximum Gasteiger partial charge on any atom is 0.290 e. The average molecular weight is 387 g/mol.